The summed E-state index contributed by atoms with van der Waals surface area (Å²) in [6, 6.07) is 0. The first-order chi connectivity index (χ1) is 6.93. The van der Waals surface area contributed by atoms with Crippen LogP contribution in [0.3, 0.4) is 0 Å². The maximum absolute atomic E-state index is 5.35. The smallest absolute Gasteiger partial charge is 0.0689 e. The molecule has 0 saturated heterocycles. The first kappa shape index (κ1) is 11.8. The third kappa shape index (κ3) is 5.47. The molecule has 1 rings (SSSR count). The van der Waals surface area contributed by atoms with E-state index < -0.39 is 0 Å². The summed E-state index contributed by atoms with van der Waals surface area (Å²) in [6.07, 6.45) is 5.30. The predicted molar refractivity (Wildman–Crippen MR) is 63.9 cm³/mol. The van der Waals surface area contributed by atoms with Crippen LogP contribution in [-0.4, -0.2) is 37.8 Å². The van der Waals surface area contributed by atoms with Crippen molar-refractivity contribution in [3.05, 3.63) is 24.3 Å². The van der Waals surface area contributed by atoms with Gasteiger partial charge in [-0.2, -0.15) is 11.8 Å². The summed E-state index contributed by atoms with van der Waals surface area (Å²) in [5.41, 5.74) is 1.39. The number of ether oxygens (including phenoxy) is 1. The number of rotatable bonds is 7. The lowest BCUT2D eigenvalue weighted by atomic mass is 10.2. The molecule has 1 heterocycles. The van der Waals surface area contributed by atoms with E-state index in [1.807, 2.05) is 17.8 Å². The molecule has 0 fully saturated rings. The first-order valence-corrected chi connectivity index (χ1v) is 6.24. The quantitative estimate of drug-likeness (QED) is 0.515. The van der Waals surface area contributed by atoms with Gasteiger partial charge in [-0.25, -0.2) is 0 Å². The Morgan fingerprint density at radius 3 is 3.29 bits per heavy atom. The van der Waals surface area contributed by atoms with Crippen molar-refractivity contribution in [2.45, 2.75) is 6.42 Å². The molecular formula is C11H19NOS. The molecule has 0 aromatic carbocycles. The van der Waals surface area contributed by atoms with Gasteiger partial charge in [-0.15, -0.1) is 6.58 Å². The van der Waals surface area contributed by atoms with Crippen molar-refractivity contribution in [1.82, 2.24) is 5.32 Å². The average Bonchev–Trinajstić information content (AvgIpc) is 2.25. The zero-order chi connectivity index (χ0) is 10.1. The standard InChI is InChI=1S/C11H19NOS/c1-2-7-14-8-5-12-9-11-4-3-6-13-10-11/h2,4,12H,1,3,5-10H2. The van der Waals surface area contributed by atoms with Gasteiger partial charge >= 0.3 is 0 Å². The third-order valence-corrected chi connectivity index (χ3v) is 2.96. The second kappa shape index (κ2) is 8.09. The second-order valence-corrected chi connectivity index (χ2v) is 4.39. The molecule has 0 bridgehead atoms. The van der Waals surface area contributed by atoms with Crippen molar-refractivity contribution in [1.29, 1.82) is 0 Å². The fourth-order valence-corrected chi connectivity index (χ4v) is 1.91. The molecule has 1 aliphatic rings. The number of hydrogen-bond acceptors (Lipinski definition) is 3. The third-order valence-electron chi connectivity index (χ3n) is 1.99. The fraction of sp³-hybridized carbons (Fsp3) is 0.636. The number of thioether (sulfide) groups is 1. The molecule has 0 aromatic heterocycles. The van der Waals surface area contributed by atoms with Crippen LogP contribution in [0.25, 0.3) is 0 Å². The normalized spacial score (nSPS) is 16.4. The van der Waals surface area contributed by atoms with E-state index in [0.29, 0.717) is 0 Å². The molecule has 0 atom stereocenters. The van der Waals surface area contributed by atoms with Crippen molar-refractivity contribution in [3.63, 3.8) is 0 Å². The molecule has 1 N–H and O–H groups in total. The van der Waals surface area contributed by atoms with Gasteiger partial charge in [0.2, 0.25) is 0 Å². The Labute approximate surface area is 90.8 Å². The van der Waals surface area contributed by atoms with Gasteiger partial charge in [-0.3, -0.25) is 0 Å². The lowest BCUT2D eigenvalue weighted by Crippen LogP contribution is -2.23. The Balaban J connectivity index is 1.92. The van der Waals surface area contributed by atoms with Crippen LogP contribution >= 0.6 is 11.8 Å². The lowest BCUT2D eigenvalue weighted by molar-refractivity contribution is 0.149. The molecule has 0 amide bonds. The Morgan fingerprint density at radius 2 is 2.57 bits per heavy atom. The van der Waals surface area contributed by atoms with E-state index in [4.69, 9.17) is 4.74 Å². The van der Waals surface area contributed by atoms with E-state index in [-0.39, 0.29) is 0 Å². The monoisotopic (exact) mass is 213 g/mol. The molecule has 0 aromatic rings. The summed E-state index contributed by atoms with van der Waals surface area (Å²) in [5.74, 6) is 2.20. The Hall–Kier alpha value is -0.250. The van der Waals surface area contributed by atoms with Gasteiger partial charge in [-0.1, -0.05) is 12.2 Å². The van der Waals surface area contributed by atoms with Crippen LogP contribution < -0.4 is 5.32 Å². The Kier molecular flexibility index (Phi) is 6.83. The van der Waals surface area contributed by atoms with Gasteiger partial charge < -0.3 is 10.1 Å². The van der Waals surface area contributed by atoms with Crippen LogP contribution in [0.15, 0.2) is 24.3 Å². The van der Waals surface area contributed by atoms with Gasteiger partial charge in [0.05, 0.1) is 13.2 Å². The topological polar surface area (TPSA) is 21.3 Å². The van der Waals surface area contributed by atoms with Crippen molar-refractivity contribution in [3.8, 4) is 0 Å². The van der Waals surface area contributed by atoms with Crippen molar-refractivity contribution < 1.29 is 4.74 Å². The molecule has 3 heteroatoms. The highest BCUT2D eigenvalue weighted by molar-refractivity contribution is 7.99. The highest BCUT2D eigenvalue weighted by Crippen LogP contribution is 2.04. The van der Waals surface area contributed by atoms with Gasteiger partial charge in [0.15, 0.2) is 0 Å². The van der Waals surface area contributed by atoms with E-state index in [1.165, 1.54) is 5.57 Å². The maximum Gasteiger partial charge on any atom is 0.0689 e. The van der Waals surface area contributed by atoms with Gasteiger partial charge in [0, 0.05) is 24.6 Å². The molecule has 0 radical (unpaired) electrons. The number of hydrogen-bond donors (Lipinski definition) is 1. The molecule has 2 nitrogen and oxygen atoms in total. The van der Waals surface area contributed by atoms with Crippen LogP contribution in [0.5, 0.6) is 0 Å². The molecule has 0 saturated carbocycles. The molecule has 14 heavy (non-hydrogen) atoms. The van der Waals surface area contributed by atoms with Gasteiger partial charge in [-0.05, 0) is 12.0 Å². The summed E-state index contributed by atoms with van der Waals surface area (Å²) < 4.78 is 5.35. The van der Waals surface area contributed by atoms with Crippen LogP contribution in [0, 0.1) is 0 Å². The van der Waals surface area contributed by atoms with Gasteiger partial charge in [0.25, 0.3) is 0 Å². The molecular weight excluding hydrogens is 194 g/mol. The largest absolute Gasteiger partial charge is 0.377 e. The van der Waals surface area contributed by atoms with Crippen molar-refractivity contribution in [2.24, 2.45) is 0 Å². The van der Waals surface area contributed by atoms with E-state index in [9.17, 15) is 0 Å². The molecule has 1 aliphatic heterocycles. The fourth-order valence-electron chi connectivity index (χ4n) is 1.29. The van der Waals surface area contributed by atoms with Crippen molar-refractivity contribution in [2.75, 3.05) is 37.8 Å². The molecule has 80 valence electrons. The molecule has 0 aliphatic carbocycles. The minimum Gasteiger partial charge on any atom is -0.377 e. The van der Waals surface area contributed by atoms with E-state index in [1.54, 1.807) is 0 Å². The average molecular weight is 213 g/mol. The minimum absolute atomic E-state index is 0.812. The van der Waals surface area contributed by atoms with Crippen LogP contribution in [-0.2, 0) is 4.74 Å². The Morgan fingerprint density at radius 1 is 1.64 bits per heavy atom. The van der Waals surface area contributed by atoms with Gasteiger partial charge in [0.1, 0.15) is 0 Å². The predicted octanol–water partition coefficient (Wildman–Crippen LogP) is 1.84. The van der Waals surface area contributed by atoms with Crippen molar-refractivity contribution >= 4 is 11.8 Å². The minimum atomic E-state index is 0.812. The zero-order valence-electron chi connectivity index (χ0n) is 8.63. The van der Waals surface area contributed by atoms with Crippen LogP contribution in [0.2, 0.25) is 0 Å². The van der Waals surface area contributed by atoms with E-state index in [0.717, 1.165) is 44.2 Å². The van der Waals surface area contributed by atoms with Crippen LogP contribution in [0.1, 0.15) is 6.42 Å². The summed E-state index contributed by atoms with van der Waals surface area (Å²) in [5, 5.41) is 3.41. The first-order valence-electron chi connectivity index (χ1n) is 5.08. The van der Waals surface area contributed by atoms with E-state index >= 15 is 0 Å². The van der Waals surface area contributed by atoms with Crippen LogP contribution in [0.4, 0.5) is 0 Å². The van der Waals surface area contributed by atoms with E-state index in [2.05, 4.69) is 18.0 Å². The summed E-state index contributed by atoms with van der Waals surface area (Å²) in [4.78, 5) is 0. The summed E-state index contributed by atoms with van der Waals surface area (Å²) in [6.45, 7) is 7.43. The summed E-state index contributed by atoms with van der Waals surface area (Å²) in [7, 11) is 0. The molecule has 0 spiro atoms. The molecule has 0 unspecified atom stereocenters. The highest BCUT2D eigenvalue weighted by Gasteiger charge is 2.01. The highest BCUT2D eigenvalue weighted by atomic mass is 32.2. The number of nitrogens with one attached hydrogen (secondary N) is 1. The Bertz CT molecular complexity index is 192. The zero-order valence-corrected chi connectivity index (χ0v) is 9.44. The second-order valence-electron chi connectivity index (χ2n) is 3.24. The maximum atomic E-state index is 5.35. The SMILES string of the molecule is C=CCSCCNCC1=CCCOC1. The lowest BCUT2D eigenvalue weighted by Gasteiger charge is -2.13. The summed E-state index contributed by atoms with van der Waals surface area (Å²) >= 11 is 1.91.